The van der Waals surface area contributed by atoms with Gasteiger partial charge in [-0.3, -0.25) is 14.2 Å². The summed E-state index contributed by atoms with van der Waals surface area (Å²) in [5, 5.41) is 13.0. The second kappa shape index (κ2) is 9.36. The topological polar surface area (TPSA) is 84.2 Å². The highest BCUT2D eigenvalue weighted by atomic mass is 79.9. The number of hydrogen-bond acceptors (Lipinski definition) is 5. The number of halogens is 1. The number of aromatic nitrogens is 2. The number of para-hydroxylation sites is 1. The number of hydrogen-bond donors (Lipinski definition) is 2. The first-order valence-electron chi connectivity index (χ1n) is 8.79. The van der Waals surface area contributed by atoms with E-state index in [2.05, 4.69) is 26.2 Å². The van der Waals surface area contributed by atoms with Gasteiger partial charge in [0.2, 0.25) is 5.91 Å². The van der Waals surface area contributed by atoms with Gasteiger partial charge in [-0.2, -0.15) is 0 Å². The van der Waals surface area contributed by atoms with Crippen molar-refractivity contribution >= 4 is 50.2 Å². The van der Waals surface area contributed by atoms with E-state index in [-0.39, 0.29) is 23.8 Å². The molecule has 0 aliphatic carbocycles. The summed E-state index contributed by atoms with van der Waals surface area (Å²) < 4.78 is 2.48. The summed E-state index contributed by atoms with van der Waals surface area (Å²) in [6, 6.07) is 12.8. The van der Waals surface area contributed by atoms with Crippen LogP contribution in [0.2, 0.25) is 0 Å². The van der Waals surface area contributed by atoms with Crippen molar-refractivity contribution in [1.29, 1.82) is 0 Å². The number of carbonyl (C=O) groups is 1. The number of benzene rings is 2. The van der Waals surface area contributed by atoms with Crippen LogP contribution < -0.4 is 10.9 Å². The fourth-order valence-electron chi connectivity index (χ4n) is 2.77. The van der Waals surface area contributed by atoms with Gasteiger partial charge in [-0.15, -0.1) is 0 Å². The highest BCUT2D eigenvalue weighted by Gasteiger charge is 2.13. The van der Waals surface area contributed by atoms with Gasteiger partial charge in [0.25, 0.3) is 5.56 Å². The van der Waals surface area contributed by atoms with Crippen molar-refractivity contribution < 1.29 is 9.90 Å². The summed E-state index contributed by atoms with van der Waals surface area (Å²) in [4.78, 5) is 29.7. The number of carbonyl (C=O) groups excluding carboxylic acids is 1. The summed E-state index contributed by atoms with van der Waals surface area (Å²) in [7, 11) is 0. The Bertz CT molecular complexity index is 1070. The average molecular weight is 462 g/mol. The van der Waals surface area contributed by atoms with Gasteiger partial charge < -0.3 is 10.4 Å². The zero-order valence-electron chi connectivity index (χ0n) is 15.3. The van der Waals surface area contributed by atoms with E-state index in [0.29, 0.717) is 29.0 Å². The minimum Gasteiger partial charge on any atom is -0.396 e. The molecule has 0 saturated carbocycles. The van der Waals surface area contributed by atoms with E-state index in [1.54, 1.807) is 18.2 Å². The predicted octanol–water partition coefficient (Wildman–Crippen LogP) is 3.58. The Morgan fingerprint density at radius 3 is 2.82 bits per heavy atom. The Labute approximate surface area is 175 Å². The summed E-state index contributed by atoms with van der Waals surface area (Å²) in [5.74, 6) is -0.0501. The van der Waals surface area contributed by atoms with Crippen LogP contribution in [-0.4, -0.2) is 32.9 Å². The van der Waals surface area contributed by atoms with E-state index in [1.807, 2.05) is 31.2 Å². The van der Waals surface area contributed by atoms with Crippen molar-refractivity contribution in [2.45, 2.75) is 25.0 Å². The van der Waals surface area contributed by atoms with E-state index in [1.165, 1.54) is 16.3 Å². The lowest BCUT2D eigenvalue weighted by Crippen LogP contribution is -2.25. The number of nitrogens with zero attached hydrogens (tertiary/aromatic N) is 2. The smallest absolute Gasteiger partial charge is 0.262 e. The van der Waals surface area contributed by atoms with Crippen LogP contribution in [0.25, 0.3) is 10.9 Å². The van der Waals surface area contributed by atoms with Gasteiger partial charge in [-0.1, -0.05) is 39.8 Å². The molecule has 1 heterocycles. The number of anilines is 1. The molecule has 28 heavy (non-hydrogen) atoms. The molecule has 8 heteroatoms. The number of thioether (sulfide) groups is 1. The number of rotatable bonds is 7. The molecule has 0 atom stereocenters. The van der Waals surface area contributed by atoms with Crippen LogP contribution in [0.5, 0.6) is 0 Å². The standard InChI is InChI=1S/C20H20BrN3O3S/c1-13-11-14(21)7-8-16(13)22-18(26)12-28-20-23-17-6-3-2-5-15(17)19(27)24(20)9-4-10-25/h2-3,5-8,11,25H,4,9-10,12H2,1H3,(H,22,26). The number of aliphatic hydroxyl groups is 1. The van der Waals surface area contributed by atoms with Crippen LogP contribution >= 0.6 is 27.7 Å². The third-order valence-corrected chi connectivity index (χ3v) is 5.63. The lowest BCUT2D eigenvalue weighted by Gasteiger charge is -2.13. The molecule has 0 saturated heterocycles. The first-order chi connectivity index (χ1) is 13.5. The van der Waals surface area contributed by atoms with Crippen LogP contribution in [0.15, 0.2) is 56.9 Å². The zero-order valence-corrected chi connectivity index (χ0v) is 17.7. The predicted molar refractivity (Wildman–Crippen MR) is 116 cm³/mol. The molecule has 0 bridgehead atoms. The molecular weight excluding hydrogens is 442 g/mol. The van der Waals surface area contributed by atoms with Gasteiger partial charge in [-0.25, -0.2) is 4.98 Å². The Kier molecular flexibility index (Phi) is 6.88. The Morgan fingerprint density at radius 1 is 1.29 bits per heavy atom. The Balaban J connectivity index is 1.80. The van der Waals surface area contributed by atoms with Gasteiger partial charge in [-0.05, 0) is 49.2 Å². The van der Waals surface area contributed by atoms with Crippen LogP contribution in [-0.2, 0) is 11.3 Å². The summed E-state index contributed by atoms with van der Waals surface area (Å²) >= 11 is 4.62. The minimum absolute atomic E-state index is 0.0211. The molecule has 0 fully saturated rings. The number of amides is 1. The maximum absolute atomic E-state index is 12.8. The lowest BCUT2D eigenvalue weighted by molar-refractivity contribution is -0.113. The van der Waals surface area contributed by atoms with Crippen molar-refractivity contribution in [1.82, 2.24) is 9.55 Å². The number of aryl methyl sites for hydroxylation is 1. The molecule has 1 aromatic heterocycles. The quantitative estimate of drug-likeness (QED) is 0.414. The highest BCUT2D eigenvalue weighted by Crippen LogP contribution is 2.22. The number of nitrogens with one attached hydrogen (secondary N) is 1. The Morgan fingerprint density at radius 2 is 2.07 bits per heavy atom. The molecule has 3 rings (SSSR count). The van der Waals surface area contributed by atoms with E-state index in [4.69, 9.17) is 5.11 Å². The van der Waals surface area contributed by atoms with Gasteiger partial charge in [0.05, 0.1) is 16.7 Å². The molecule has 146 valence electrons. The lowest BCUT2D eigenvalue weighted by atomic mass is 10.2. The van der Waals surface area contributed by atoms with Crippen molar-refractivity contribution in [3.8, 4) is 0 Å². The number of fused-ring (bicyclic) bond motifs is 1. The fourth-order valence-corrected chi connectivity index (χ4v) is 4.07. The van der Waals surface area contributed by atoms with Crippen molar-refractivity contribution in [3.05, 3.63) is 62.9 Å². The molecule has 0 aliphatic heterocycles. The fraction of sp³-hybridized carbons (Fsp3) is 0.250. The summed E-state index contributed by atoms with van der Waals surface area (Å²) in [6.45, 7) is 2.25. The number of aliphatic hydroxyl groups excluding tert-OH is 1. The van der Waals surface area contributed by atoms with Gasteiger partial charge in [0.1, 0.15) is 0 Å². The molecule has 0 unspecified atom stereocenters. The molecule has 0 spiro atoms. The van der Waals surface area contributed by atoms with Crippen LogP contribution in [0, 0.1) is 6.92 Å². The molecule has 3 aromatic rings. The Hall–Kier alpha value is -2.16. The third kappa shape index (κ3) is 4.81. The molecule has 2 aromatic carbocycles. The SMILES string of the molecule is Cc1cc(Br)ccc1NC(=O)CSc1nc2ccccc2c(=O)n1CCCO. The van der Waals surface area contributed by atoms with E-state index < -0.39 is 0 Å². The zero-order chi connectivity index (χ0) is 20.1. The van der Waals surface area contributed by atoms with Crippen molar-refractivity contribution in [3.63, 3.8) is 0 Å². The normalized spacial score (nSPS) is 11.0. The maximum atomic E-state index is 12.8. The summed E-state index contributed by atoms with van der Waals surface area (Å²) in [5.41, 5.74) is 2.14. The monoisotopic (exact) mass is 461 g/mol. The second-order valence-corrected chi connectivity index (χ2v) is 8.10. The van der Waals surface area contributed by atoms with Crippen molar-refractivity contribution in [2.75, 3.05) is 17.7 Å². The van der Waals surface area contributed by atoms with E-state index >= 15 is 0 Å². The minimum atomic E-state index is -0.175. The van der Waals surface area contributed by atoms with Crippen LogP contribution in [0.3, 0.4) is 0 Å². The van der Waals surface area contributed by atoms with E-state index in [0.717, 1.165) is 15.7 Å². The maximum Gasteiger partial charge on any atom is 0.262 e. The first-order valence-corrected chi connectivity index (χ1v) is 10.6. The van der Waals surface area contributed by atoms with Crippen molar-refractivity contribution in [2.24, 2.45) is 0 Å². The van der Waals surface area contributed by atoms with Crippen LogP contribution in [0.4, 0.5) is 5.69 Å². The first kappa shape index (κ1) is 20.6. The molecule has 0 radical (unpaired) electrons. The molecule has 6 nitrogen and oxygen atoms in total. The highest BCUT2D eigenvalue weighted by molar-refractivity contribution is 9.10. The van der Waals surface area contributed by atoms with Gasteiger partial charge in [0.15, 0.2) is 5.16 Å². The molecular formula is C20H20BrN3O3S. The third-order valence-electron chi connectivity index (χ3n) is 4.16. The largest absolute Gasteiger partial charge is 0.396 e. The molecule has 2 N–H and O–H groups in total. The van der Waals surface area contributed by atoms with Crippen LogP contribution in [0.1, 0.15) is 12.0 Å². The van der Waals surface area contributed by atoms with Gasteiger partial charge >= 0.3 is 0 Å². The summed E-state index contributed by atoms with van der Waals surface area (Å²) in [6.07, 6.45) is 0.442. The van der Waals surface area contributed by atoms with Gasteiger partial charge in [0, 0.05) is 23.3 Å². The molecule has 0 aliphatic rings. The second-order valence-electron chi connectivity index (χ2n) is 6.24. The molecule has 1 amide bonds. The van der Waals surface area contributed by atoms with E-state index in [9.17, 15) is 9.59 Å². The average Bonchev–Trinajstić information content (AvgIpc) is 2.68.